The van der Waals surface area contributed by atoms with Crippen LogP contribution in [0.2, 0.25) is 0 Å². The fraction of sp³-hybridized carbons (Fsp3) is 0.421. The molecule has 5 heterocycles. The van der Waals surface area contributed by atoms with Gasteiger partial charge in [-0.25, -0.2) is 4.68 Å². The zero-order valence-corrected chi connectivity index (χ0v) is 17.7. The van der Waals surface area contributed by atoms with Gasteiger partial charge < -0.3 is 9.47 Å². The molecule has 0 unspecified atom stereocenters. The number of hydrogen-bond acceptors (Lipinski definition) is 7. The highest BCUT2D eigenvalue weighted by atomic mass is 32.1. The highest BCUT2D eigenvalue weighted by Crippen LogP contribution is 2.35. The first-order valence-corrected chi connectivity index (χ1v) is 10.7. The monoisotopic (exact) mass is 448 g/mol. The van der Waals surface area contributed by atoms with Gasteiger partial charge in [-0.1, -0.05) is 13.3 Å². The van der Waals surface area contributed by atoms with Crippen molar-refractivity contribution in [2.24, 2.45) is 0 Å². The molecule has 0 saturated heterocycles. The lowest BCUT2D eigenvalue weighted by atomic mass is 10.2. The van der Waals surface area contributed by atoms with Crippen molar-refractivity contribution < 1.29 is 13.2 Å². The molecule has 4 aromatic heterocycles. The van der Waals surface area contributed by atoms with E-state index in [9.17, 15) is 13.2 Å². The summed E-state index contributed by atoms with van der Waals surface area (Å²) >= 11 is 1.61. The molecule has 5 rings (SSSR count). The van der Waals surface area contributed by atoms with Gasteiger partial charge in [0.15, 0.2) is 5.82 Å². The van der Waals surface area contributed by atoms with Crippen LogP contribution in [0.25, 0.3) is 16.2 Å². The van der Waals surface area contributed by atoms with Crippen molar-refractivity contribution in [3.05, 3.63) is 40.5 Å². The number of anilines is 1. The van der Waals surface area contributed by atoms with Crippen LogP contribution in [0.1, 0.15) is 35.4 Å². The van der Waals surface area contributed by atoms with Crippen molar-refractivity contribution in [2.45, 2.75) is 46.0 Å². The maximum absolute atomic E-state index is 13.2. The lowest BCUT2D eigenvalue weighted by Crippen LogP contribution is -2.36. The molecule has 0 atom stereocenters. The summed E-state index contributed by atoms with van der Waals surface area (Å²) in [6, 6.07) is 2.08. The lowest BCUT2D eigenvalue weighted by molar-refractivity contribution is -0.147. The Hall–Kier alpha value is -3.02. The predicted molar refractivity (Wildman–Crippen MR) is 109 cm³/mol. The van der Waals surface area contributed by atoms with Gasteiger partial charge in [-0.15, -0.1) is 21.5 Å². The summed E-state index contributed by atoms with van der Waals surface area (Å²) in [5, 5.41) is 12.4. The van der Waals surface area contributed by atoms with Gasteiger partial charge in [0.2, 0.25) is 5.82 Å². The van der Waals surface area contributed by atoms with Crippen molar-refractivity contribution in [1.29, 1.82) is 0 Å². The third kappa shape index (κ3) is 3.54. The number of rotatable bonds is 4. The highest BCUT2D eigenvalue weighted by Gasteiger charge is 2.39. The second kappa shape index (κ2) is 7.29. The van der Waals surface area contributed by atoms with Crippen LogP contribution in [-0.4, -0.2) is 41.1 Å². The van der Waals surface area contributed by atoms with E-state index in [1.54, 1.807) is 22.2 Å². The average Bonchev–Trinajstić information content (AvgIpc) is 3.43. The van der Waals surface area contributed by atoms with Crippen molar-refractivity contribution in [1.82, 2.24) is 34.5 Å². The van der Waals surface area contributed by atoms with Gasteiger partial charge in [0.05, 0.1) is 18.1 Å². The molecule has 4 aromatic rings. The van der Waals surface area contributed by atoms with E-state index in [0.29, 0.717) is 18.3 Å². The number of halogens is 3. The van der Waals surface area contributed by atoms with Crippen LogP contribution < -0.4 is 4.90 Å². The third-order valence-electron chi connectivity index (χ3n) is 5.13. The standard InChI is InChI=1S/C19H19F3N8S/c1-3-4-12-7-13-15(24-18(25-16(13)31-12)30-9-11(2)8-23-30)28-5-6-29-14(10-28)26-27-17(29)19(20,21)22/h7-9H,3-6,10H2,1-2H3. The number of thiophene rings is 1. The van der Waals surface area contributed by atoms with Crippen LogP contribution >= 0.6 is 11.3 Å². The summed E-state index contributed by atoms with van der Waals surface area (Å²) < 4.78 is 42.3. The molecule has 162 valence electrons. The molecule has 0 spiro atoms. The Morgan fingerprint density at radius 1 is 1.16 bits per heavy atom. The van der Waals surface area contributed by atoms with Crippen molar-refractivity contribution in [3.8, 4) is 5.95 Å². The predicted octanol–water partition coefficient (Wildman–Crippen LogP) is 3.77. The molecular weight excluding hydrogens is 429 g/mol. The quantitative estimate of drug-likeness (QED) is 0.473. The normalized spacial score (nSPS) is 14.4. The van der Waals surface area contributed by atoms with Gasteiger partial charge >= 0.3 is 6.18 Å². The van der Waals surface area contributed by atoms with E-state index in [-0.39, 0.29) is 18.9 Å². The van der Waals surface area contributed by atoms with E-state index >= 15 is 0 Å². The molecule has 0 aliphatic carbocycles. The van der Waals surface area contributed by atoms with E-state index in [2.05, 4.69) is 28.3 Å². The number of hydrogen-bond donors (Lipinski definition) is 0. The second-order valence-electron chi connectivity index (χ2n) is 7.50. The van der Waals surface area contributed by atoms with Crippen molar-refractivity contribution in [2.75, 3.05) is 11.4 Å². The molecule has 12 heteroatoms. The summed E-state index contributed by atoms with van der Waals surface area (Å²) in [6.07, 6.45) is 0.983. The zero-order chi connectivity index (χ0) is 21.8. The van der Waals surface area contributed by atoms with Gasteiger partial charge in [-0.2, -0.15) is 28.2 Å². The molecule has 0 fully saturated rings. The number of aryl methyl sites for hydroxylation is 2. The van der Waals surface area contributed by atoms with Crippen LogP contribution in [-0.2, 0) is 25.7 Å². The highest BCUT2D eigenvalue weighted by molar-refractivity contribution is 7.18. The molecule has 0 radical (unpaired) electrons. The second-order valence-corrected chi connectivity index (χ2v) is 8.62. The maximum atomic E-state index is 13.2. The Kier molecular flexibility index (Phi) is 4.68. The minimum absolute atomic E-state index is 0.130. The Morgan fingerprint density at radius 2 is 2.00 bits per heavy atom. The minimum Gasteiger partial charge on any atom is -0.347 e. The molecular formula is C19H19F3N8S. The Bertz CT molecular complexity index is 1260. The SMILES string of the molecule is CCCc1cc2c(N3CCn4c(nnc4C(F)(F)F)C3)nc(-n3cc(C)cn3)nc2s1. The number of fused-ring (bicyclic) bond motifs is 2. The van der Waals surface area contributed by atoms with Gasteiger partial charge in [-0.05, 0) is 25.0 Å². The number of aromatic nitrogens is 7. The summed E-state index contributed by atoms with van der Waals surface area (Å²) in [5.41, 5.74) is 0.980. The van der Waals surface area contributed by atoms with Crippen LogP contribution in [0.3, 0.4) is 0 Å². The topological polar surface area (TPSA) is 77.5 Å². The summed E-state index contributed by atoms with van der Waals surface area (Å²) in [6.45, 7) is 4.72. The number of alkyl halides is 3. The minimum atomic E-state index is -4.52. The first-order valence-electron chi connectivity index (χ1n) is 9.90. The summed E-state index contributed by atoms with van der Waals surface area (Å²) in [7, 11) is 0. The van der Waals surface area contributed by atoms with Gasteiger partial charge in [-0.3, -0.25) is 0 Å². The molecule has 0 bridgehead atoms. The fourth-order valence-corrected chi connectivity index (χ4v) is 4.85. The lowest BCUT2D eigenvalue weighted by Gasteiger charge is -2.29. The van der Waals surface area contributed by atoms with Crippen LogP contribution in [0.4, 0.5) is 19.0 Å². The molecule has 8 nitrogen and oxygen atoms in total. The van der Waals surface area contributed by atoms with E-state index < -0.39 is 12.0 Å². The maximum Gasteiger partial charge on any atom is 0.451 e. The number of nitrogens with zero attached hydrogens (tertiary/aromatic N) is 8. The molecule has 1 aliphatic heterocycles. The van der Waals surface area contributed by atoms with E-state index in [1.165, 1.54) is 4.88 Å². The molecule has 0 amide bonds. The van der Waals surface area contributed by atoms with Crippen LogP contribution in [0, 0.1) is 6.92 Å². The Labute approximate surface area is 179 Å². The molecule has 0 aromatic carbocycles. The fourth-order valence-electron chi connectivity index (χ4n) is 3.73. The third-order valence-corrected chi connectivity index (χ3v) is 6.22. The Morgan fingerprint density at radius 3 is 2.71 bits per heavy atom. The molecule has 31 heavy (non-hydrogen) atoms. The van der Waals surface area contributed by atoms with E-state index in [0.717, 1.165) is 33.2 Å². The van der Waals surface area contributed by atoms with Gasteiger partial charge in [0, 0.05) is 24.2 Å². The smallest absolute Gasteiger partial charge is 0.347 e. The summed E-state index contributed by atoms with van der Waals surface area (Å²) in [5.74, 6) is 0.423. The van der Waals surface area contributed by atoms with Crippen molar-refractivity contribution in [3.63, 3.8) is 0 Å². The first kappa shape index (κ1) is 19.9. The van der Waals surface area contributed by atoms with E-state index in [4.69, 9.17) is 9.97 Å². The first-order chi connectivity index (χ1) is 14.8. The summed E-state index contributed by atoms with van der Waals surface area (Å²) in [4.78, 5) is 13.4. The zero-order valence-electron chi connectivity index (χ0n) is 16.9. The van der Waals surface area contributed by atoms with Gasteiger partial charge in [0.25, 0.3) is 5.95 Å². The Balaban J connectivity index is 1.59. The van der Waals surface area contributed by atoms with Crippen LogP contribution in [0.5, 0.6) is 0 Å². The molecule has 1 aliphatic rings. The van der Waals surface area contributed by atoms with Crippen LogP contribution in [0.15, 0.2) is 18.5 Å². The largest absolute Gasteiger partial charge is 0.451 e. The molecule has 0 N–H and O–H groups in total. The van der Waals surface area contributed by atoms with Crippen molar-refractivity contribution >= 4 is 27.4 Å². The van der Waals surface area contributed by atoms with Gasteiger partial charge in [0.1, 0.15) is 10.6 Å². The molecule has 0 saturated carbocycles. The van der Waals surface area contributed by atoms with E-state index in [1.807, 2.05) is 18.0 Å². The average molecular weight is 448 g/mol.